The molecule has 0 amide bonds. The lowest BCUT2D eigenvalue weighted by atomic mass is 9.77. The van der Waals surface area contributed by atoms with Gasteiger partial charge in [-0.25, -0.2) is 0 Å². The monoisotopic (exact) mass is 334 g/mol. The predicted octanol–water partition coefficient (Wildman–Crippen LogP) is 2.90. The van der Waals surface area contributed by atoms with Crippen molar-refractivity contribution >= 4 is 5.97 Å². The summed E-state index contributed by atoms with van der Waals surface area (Å²) in [6.45, 7) is 6.07. The number of hydrogen-bond donors (Lipinski definition) is 1. The second-order valence-corrected chi connectivity index (χ2v) is 6.06. The van der Waals surface area contributed by atoms with Crippen LogP contribution in [0.2, 0.25) is 0 Å². The van der Waals surface area contributed by atoms with Crippen LogP contribution in [0.5, 0.6) is 11.5 Å². The van der Waals surface area contributed by atoms with Crippen molar-refractivity contribution in [1.82, 2.24) is 0 Å². The summed E-state index contributed by atoms with van der Waals surface area (Å²) < 4.78 is 15.9. The highest BCUT2D eigenvalue weighted by Crippen LogP contribution is 2.47. The van der Waals surface area contributed by atoms with Crippen LogP contribution in [0.4, 0.5) is 0 Å². The van der Waals surface area contributed by atoms with Gasteiger partial charge in [-0.1, -0.05) is 6.58 Å². The van der Waals surface area contributed by atoms with Crippen molar-refractivity contribution in [3.05, 3.63) is 35.9 Å². The maximum Gasteiger partial charge on any atom is 0.316 e. The van der Waals surface area contributed by atoms with E-state index >= 15 is 0 Å². The summed E-state index contributed by atoms with van der Waals surface area (Å²) >= 11 is 0. The Kier molecular flexibility index (Phi) is 5.89. The Bertz CT molecular complexity index is 610. The molecule has 0 spiro atoms. The van der Waals surface area contributed by atoms with Gasteiger partial charge in [-0.2, -0.15) is 0 Å². The third-order valence-corrected chi connectivity index (χ3v) is 4.84. The minimum atomic E-state index is -0.830. The van der Waals surface area contributed by atoms with Gasteiger partial charge in [0.25, 0.3) is 0 Å². The van der Waals surface area contributed by atoms with Crippen molar-refractivity contribution in [3.63, 3.8) is 0 Å². The summed E-state index contributed by atoms with van der Waals surface area (Å²) in [5, 5.41) is 10.1. The third kappa shape index (κ3) is 3.41. The Labute approximate surface area is 143 Å². The Hall–Kier alpha value is -2.01. The van der Waals surface area contributed by atoms with Crippen LogP contribution in [0.1, 0.15) is 31.7 Å². The topological polar surface area (TPSA) is 65.0 Å². The first-order valence-corrected chi connectivity index (χ1v) is 8.24. The van der Waals surface area contributed by atoms with Crippen LogP contribution < -0.4 is 9.47 Å². The molecule has 1 fully saturated rings. The molecule has 5 nitrogen and oxygen atoms in total. The fourth-order valence-electron chi connectivity index (χ4n) is 3.35. The Morgan fingerprint density at radius 3 is 2.67 bits per heavy atom. The zero-order chi connectivity index (χ0) is 17.7. The molecule has 2 rings (SSSR count). The molecule has 5 heteroatoms. The summed E-state index contributed by atoms with van der Waals surface area (Å²) in [7, 11) is 3.23. The second kappa shape index (κ2) is 7.71. The third-order valence-electron chi connectivity index (χ3n) is 4.84. The molecular formula is C19H26O5. The summed E-state index contributed by atoms with van der Waals surface area (Å²) in [4.78, 5) is 12.6. The summed E-state index contributed by atoms with van der Waals surface area (Å²) in [5.74, 6) is 1.19. The van der Waals surface area contributed by atoms with E-state index < -0.39 is 11.5 Å². The number of carbonyl (C=O) groups excluding carboxylic acids is 1. The highest BCUT2D eigenvalue weighted by molar-refractivity contribution is 5.81. The molecule has 0 aliphatic heterocycles. The quantitative estimate of drug-likeness (QED) is 0.613. The molecule has 1 aliphatic carbocycles. The summed E-state index contributed by atoms with van der Waals surface area (Å²) in [6, 6.07) is 5.59. The number of hydrogen-bond acceptors (Lipinski definition) is 5. The smallest absolute Gasteiger partial charge is 0.316 e. The minimum Gasteiger partial charge on any atom is -0.497 e. The molecule has 2 atom stereocenters. The molecule has 24 heavy (non-hydrogen) atoms. The van der Waals surface area contributed by atoms with Gasteiger partial charge in [-0.3, -0.25) is 4.79 Å². The molecule has 1 aliphatic rings. The Morgan fingerprint density at radius 1 is 1.38 bits per heavy atom. The normalized spacial score (nSPS) is 23.2. The fourth-order valence-corrected chi connectivity index (χ4v) is 3.35. The van der Waals surface area contributed by atoms with Gasteiger partial charge >= 0.3 is 5.97 Å². The highest BCUT2D eigenvalue weighted by Gasteiger charge is 2.49. The van der Waals surface area contributed by atoms with Crippen LogP contribution in [-0.2, 0) is 16.0 Å². The van der Waals surface area contributed by atoms with Gasteiger partial charge in [0.15, 0.2) is 0 Å². The molecule has 1 saturated carbocycles. The largest absolute Gasteiger partial charge is 0.497 e. The van der Waals surface area contributed by atoms with E-state index in [9.17, 15) is 9.90 Å². The lowest BCUT2D eigenvalue weighted by molar-refractivity contribution is -0.153. The number of aryl methyl sites for hydroxylation is 1. The van der Waals surface area contributed by atoms with Gasteiger partial charge in [0.2, 0.25) is 0 Å². The molecule has 0 unspecified atom stereocenters. The number of rotatable bonds is 7. The van der Waals surface area contributed by atoms with E-state index in [2.05, 4.69) is 6.58 Å². The maximum absolute atomic E-state index is 12.6. The molecule has 0 bridgehead atoms. The Morgan fingerprint density at radius 2 is 2.12 bits per heavy atom. The van der Waals surface area contributed by atoms with E-state index in [1.54, 1.807) is 21.1 Å². The van der Waals surface area contributed by atoms with Gasteiger partial charge in [0.05, 0.1) is 32.3 Å². The van der Waals surface area contributed by atoms with Crippen molar-refractivity contribution in [3.8, 4) is 11.5 Å². The first-order chi connectivity index (χ1) is 11.5. The van der Waals surface area contributed by atoms with Crippen LogP contribution in [-0.4, -0.2) is 38.0 Å². The standard InChI is InChI=1S/C19H26O5/c1-5-24-18(21)19(11-9-16(20)13(19)2)10-8-14-12-15(22-3)6-7-17(14)23-4/h6-7,12,16,20H,2,5,8-11H2,1,3-4H3/t16-,19+/m1/s1. The molecule has 0 heterocycles. The molecule has 0 aromatic heterocycles. The van der Waals surface area contributed by atoms with Gasteiger partial charge in [0.1, 0.15) is 11.5 Å². The average molecular weight is 334 g/mol. The lowest BCUT2D eigenvalue weighted by Crippen LogP contribution is -2.33. The van der Waals surface area contributed by atoms with Crippen LogP contribution in [0.25, 0.3) is 0 Å². The maximum atomic E-state index is 12.6. The van der Waals surface area contributed by atoms with Crippen LogP contribution >= 0.6 is 0 Å². The number of esters is 1. The molecule has 0 saturated heterocycles. The van der Waals surface area contributed by atoms with Crippen molar-refractivity contribution in [2.45, 2.75) is 38.7 Å². The van der Waals surface area contributed by atoms with E-state index in [4.69, 9.17) is 14.2 Å². The first kappa shape index (κ1) is 18.3. The first-order valence-electron chi connectivity index (χ1n) is 8.24. The molecular weight excluding hydrogens is 308 g/mol. The average Bonchev–Trinajstić information content (AvgIpc) is 2.89. The zero-order valence-corrected chi connectivity index (χ0v) is 14.6. The van der Waals surface area contributed by atoms with Crippen LogP contribution in [0.15, 0.2) is 30.4 Å². The predicted molar refractivity (Wildman–Crippen MR) is 91.3 cm³/mol. The van der Waals surface area contributed by atoms with Crippen molar-refractivity contribution in [1.29, 1.82) is 0 Å². The van der Waals surface area contributed by atoms with Crippen LogP contribution in [0, 0.1) is 5.41 Å². The summed E-state index contributed by atoms with van der Waals surface area (Å²) in [6.07, 6.45) is 1.56. The molecule has 1 N–H and O–H groups in total. The molecule has 1 aromatic carbocycles. The number of aliphatic hydroxyl groups is 1. The van der Waals surface area contributed by atoms with E-state index in [1.165, 1.54) is 0 Å². The molecule has 1 aromatic rings. The molecule has 0 radical (unpaired) electrons. The number of aliphatic hydroxyl groups excluding tert-OH is 1. The SMILES string of the molecule is C=C1[C@H](O)CC[C@]1(CCc1cc(OC)ccc1OC)C(=O)OCC. The second-order valence-electron chi connectivity index (χ2n) is 6.06. The van der Waals surface area contributed by atoms with Crippen molar-refractivity contribution in [2.75, 3.05) is 20.8 Å². The lowest BCUT2D eigenvalue weighted by Gasteiger charge is -2.28. The molecule has 132 valence electrons. The Balaban J connectivity index is 2.26. The number of carbonyl (C=O) groups is 1. The zero-order valence-electron chi connectivity index (χ0n) is 14.6. The summed E-state index contributed by atoms with van der Waals surface area (Å²) in [5.41, 5.74) is 0.682. The van der Waals surface area contributed by atoms with E-state index in [-0.39, 0.29) is 5.97 Å². The van der Waals surface area contributed by atoms with Gasteiger partial charge < -0.3 is 19.3 Å². The van der Waals surface area contributed by atoms with Gasteiger partial charge in [-0.05, 0) is 61.9 Å². The minimum absolute atomic E-state index is 0.298. The van der Waals surface area contributed by atoms with Gasteiger partial charge in [0, 0.05) is 0 Å². The van der Waals surface area contributed by atoms with E-state index in [0.717, 1.165) is 17.1 Å². The number of benzene rings is 1. The highest BCUT2D eigenvalue weighted by atomic mass is 16.5. The van der Waals surface area contributed by atoms with Crippen molar-refractivity contribution < 1.29 is 24.1 Å². The fraction of sp³-hybridized carbons (Fsp3) is 0.526. The van der Waals surface area contributed by atoms with E-state index in [0.29, 0.717) is 37.9 Å². The van der Waals surface area contributed by atoms with E-state index in [1.807, 2.05) is 18.2 Å². The number of methoxy groups -OCH3 is 2. The number of ether oxygens (including phenoxy) is 3. The van der Waals surface area contributed by atoms with Gasteiger partial charge in [-0.15, -0.1) is 0 Å². The van der Waals surface area contributed by atoms with Crippen LogP contribution in [0.3, 0.4) is 0 Å². The van der Waals surface area contributed by atoms with Crippen molar-refractivity contribution in [2.24, 2.45) is 5.41 Å².